The largest absolute Gasteiger partial charge is 0.497 e. The zero-order valence-corrected chi connectivity index (χ0v) is 22.6. The van der Waals surface area contributed by atoms with Crippen LogP contribution in [0.3, 0.4) is 0 Å². The summed E-state index contributed by atoms with van der Waals surface area (Å²) in [7, 11) is 1.55. The molecule has 10 heteroatoms. The minimum Gasteiger partial charge on any atom is -0.497 e. The van der Waals surface area contributed by atoms with E-state index in [2.05, 4.69) is 4.98 Å². The molecule has 0 aliphatic carbocycles. The van der Waals surface area contributed by atoms with Crippen LogP contribution in [0.5, 0.6) is 17.2 Å². The van der Waals surface area contributed by atoms with Gasteiger partial charge in [0, 0.05) is 29.8 Å². The zero-order valence-electron chi connectivity index (χ0n) is 22.6. The second-order valence-corrected chi connectivity index (χ2v) is 9.64. The molecule has 210 valence electrons. The van der Waals surface area contributed by atoms with E-state index in [-0.39, 0.29) is 24.3 Å². The number of aliphatic hydroxyl groups excluding tert-OH is 1. The molecule has 1 atom stereocenters. The van der Waals surface area contributed by atoms with Crippen LogP contribution in [0.1, 0.15) is 28.5 Å². The Labute approximate surface area is 234 Å². The van der Waals surface area contributed by atoms with Gasteiger partial charge in [-0.25, -0.2) is 13.5 Å². The summed E-state index contributed by atoms with van der Waals surface area (Å²) in [5.41, 5.74) is 0.949. The Hall–Kier alpha value is -4.83. The van der Waals surface area contributed by atoms with Gasteiger partial charge >= 0.3 is 0 Å². The monoisotopic (exact) mass is 559 g/mol. The van der Waals surface area contributed by atoms with Crippen molar-refractivity contribution in [3.05, 3.63) is 112 Å². The predicted octanol–water partition coefficient (Wildman–Crippen LogP) is 5.38. The molecule has 0 aliphatic rings. The summed E-state index contributed by atoms with van der Waals surface area (Å²) in [4.78, 5) is 31.1. The normalized spacial score (nSPS) is 12.0. The molecule has 5 rings (SSSR count). The number of aliphatic hydroxyl groups is 1. The lowest BCUT2D eigenvalue weighted by molar-refractivity contribution is 0.0990. The van der Waals surface area contributed by atoms with E-state index in [1.165, 1.54) is 45.8 Å². The van der Waals surface area contributed by atoms with Crippen LogP contribution >= 0.6 is 0 Å². The molecule has 8 nitrogen and oxygen atoms in total. The van der Waals surface area contributed by atoms with Crippen LogP contribution in [0, 0.1) is 18.6 Å². The Morgan fingerprint density at radius 1 is 1.02 bits per heavy atom. The number of benzene rings is 3. The van der Waals surface area contributed by atoms with Gasteiger partial charge in [0.05, 0.1) is 31.0 Å². The van der Waals surface area contributed by atoms with Crippen LogP contribution in [0.2, 0.25) is 0 Å². The molecule has 0 amide bonds. The van der Waals surface area contributed by atoms with E-state index >= 15 is 4.39 Å². The van der Waals surface area contributed by atoms with Gasteiger partial charge in [-0.05, 0) is 74.0 Å². The lowest BCUT2D eigenvalue weighted by Crippen LogP contribution is -2.26. The highest BCUT2D eigenvalue weighted by Crippen LogP contribution is 2.32. The number of hydrogen-bond donors (Lipinski definition) is 1. The Balaban J connectivity index is 1.42. The van der Waals surface area contributed by atoms with Crippen molar-refractivity contribution in [1.29, 1.82) is 0 Å². The lowest BCUT2D eigenvalue weighted by atomic mass is 10.0. The first-order valence-corrected chi connectivity index (χ1v) is 12.8. The summed E-state index contributed by atoms with van der Waals surface area (Å²) in [5, 5.41) is 10.7. The van der Waals surface area contributed by atoms with Gasteiger partial charge in [0.15, 0.2) is 17.3 Å². The van der Waals surface area contributed by atoms with Gasteiger partial charge < -0.3 is 14.6 Å². The number of rotatable bonds is 9. The summed E-state index contributed by atoms with van der Waals surface area (Å²) < 4.78 is 42.4. The molecule has 0 saturated carbocycles. The lowest BCUT2D eigenvalue weighted by Gasteiger charge is -2.15. The number of carbonyl (C=O) groups is 1. The van der Waals surface area contributed by atoms with Crippen LogP contribution in [0.25, 0.3) is 16.6 Å². The number of Topliss-reactive ketones (excluding diaryl/α,β-unsaturated/α-hetero) is 1. The maximum atomic E-state index is 15.1. The molecule has 0 unspecified atom stereocenters. The molecule has 41 heavy (non-hydrogen) atoms. The topological polar surface area (TPSA) is 95.6 Å². The van der Waals surface area contributed by atoms with E-state index in [4.69, 9.17) is 9.47 Å². The van der Waals surface area contributed by atoms with Crippen molar-refractivity contribution in [2.45, 2.75) is 32.9 Å². The average Bonchev–Trinajstić information content (AvgIpc) is 3.18. The van der Waals surface area contributed by atoms with Crippen molar-refractivity contribution >= 4 is 16.7 Å². The van der Waals surface area contributed by atoms with Gasteiger partial charge in [0.1, 0.15) is 22.9 Å². The summed E-state index contributed by atoms with van der Waals surface area (Å²) in [6, 6.07) is 16.3. The van der Waals surface area contributed by atoms with E-state index < -0.39 is 29.1 Å². The van der Waals surface area contributed by atoms with Crippen molar-refractivity contribution in [3.8, 4) is 22.9 Å². The maximum Gasteiger partial charge on any atom is 0.282 e. The van der Waals surface area contributed by atoms with Crippen LogP contribution in [0.4, 0.5) is 8.78 Å². The number of carbonyl (C=O) groups excluding carboxylic acids is 1. The van der Waals surface area contributed by atoms with Crippen LogP contribution in [-0.4, -0.2) is 38.5 Å². The molecule has 2 aromatic heterocycles. The van der Waals surface area contributed by atoms with Crippen LogP contribution in [-0.2, 0) is 13.0 Å². The first kappa shape index (κ1) is 27.7. The number of ketones is 1. The molecule has 0 spiro atoms. The molecular formula is C31H27F2N3O5. The summed E-state index contributed by atoms with van der Waals surface area (Å²) in [6.45, 7) is 3.18. The first-order chi connectivity index (χ1) is 19.7. The van der Waals surface area contributed by atoms with Crippen molar-refractivity contribution in [2.75, 3.05) is 7.11 Å². The molecule has 3 aromatic carbocycles. The van der Waals surface area contributed by atoms with Crippen molar-refractivity contribution in [2.24, 2.45) is 0 Å². The minimum absolute atomic E-state index is 0.0306. The molecule has 0 bridgehead atoms. The molecule has 0 radical (unpaired) electrons. The quantitative estimate of drug-likeness (QED) is 0.244. The highest BCUT2D eigenvalue weighted by molar-refractivity contribution is 5.98. The number of fused-ring (bicyclic) bond motifs is 1. The fourth-order valence-electron chi connectivity index (χ4n) is 4.73. The van der Waals surface area contributed by atoms with E-state index in [1.54, 1.807) is 57.5 Å². The van der Waals surface area contributed by atoms with E-state index in [1.807, 2.05) is 0 Å². The smallest absolute Gasteiger partial charge is 0.282 e. The Kier molecular flexibility index (Phi) is 7.67. The molecule has 5 aromatic rings. The number of nitrogens with zero attached hydrogens (tertiary/aromatic N) is 3. The fourth-order valence-corrected chi connectivity index (χ4v) is 4.73. The SMILES string of the molecule is COc1ccc2c(Oc3ccc(CC(=O)c4c(C)n(C[C@@H](C)O)n(-c5ccc(F)cc5)c4=O)cc3F)ccnc2c1. The minimum atomic E-state index is -0.823. The third kappa shape index (κ3) is 5.59. The van der Waals surface area contributed by atoms with Crippen LogP contribution in [0.15, 0.2) is 77.7 Å². The second kappa shape index (κ2) is 11.3. The standard InChI is InChI=1S/C31H27F2N3O5/c1-18(37)17-35-19(2)30(31(39)36(35)22-7-5-21(32)6-8-22)27(38)15-20-4-11-29(25(33)14-20)41-28-12-13-34-26-16-23(40-3)9-10-24(26)28/h4-14,16,18,37H,15,17H2,1-3H3/t18-/m1/s1. The molecular weight excluding hydrogens is 532 g/mol. The van der Waals surface area contributed by atoms with Gasteiger partial charge in [-0.3, -0.25) is 19.3 Å². The third-order valence-corrected chi connectivity index (χ3v) is 6.67. The molecule has 1 N–H and O–H groups in total. The van der Waals surface area contributed by atoms with Gasteiger partial charge in [0.2, 0.25) is 0 Å². The van der Waals surface area contributed by atoms with Crippen molar-refractivity contribution < 1.29 is 28.2 Å². The van der Waals surface area contributed by atoms with Crippen molar-refractivity contribution in [1.82, 2.24) is 14.3 Å². The summed E-state index contributed by atoms with van der Waals surface area (Å²) >= 11 is 0. The van der Waals surface area contributed by atoms with Gasteiger partial charge in [0.25, 0.3) is 5.56 Å². The second-order valence-electron chi connectivity index (χ2n) is 9.64. The molecule has 0 aliphatic heterocycles. The van der Waals surface area contributed by atoms with Crippen LogP contribution < -0.4 is 15.0 Å². The third-order valence-electron chi connectivity index (χ3n) is 6.67. The summed E-state index contributed by atoms with van der Waals surface area (Å²) in [6.07, 6.45) is 0.483. The number of ether oxygens (including phenoxy) is 2. The van der Waals surface area contributed by atoms with Gasteiger partial charge in [-0.1, -0.05) is 6.07 Å². The Bertz CT molecular complexity index is 1810. The summed E-state index contributed by atoms with van der Waals surface area (Å²) in [5.74, 6) is -0.687. The van der Waals surface area contributed by atoms with Gasteiger partial charge in [-0.2, -0.15) is 0 Å². The number of methoxy groups -OCH3 is 1. The first-order valence-electron chi connectivity index (χ1n) is 12.8. The number of hydrogen-bond acceptors (Lipinski definition) is 6. The molecule has 0 saturated heterocycles. The number of halogens is 2. The maximum absolute atomic E-state index is 15.1. The highest BCUT2D eigenvalue weighted by Gasteiger charge is 2.25. The Morgan fingerprint density at radius 2 is 1.78 bits per heavy atom. The number of aromatic nitrogens is 3. The number of pyridine rings is 1. The Morgan fingerprint density at radius 3 is 2.46 bits per heavy atom. The molecule has 0 fully saturated rings. The predicted molar refractivity (Wildman–Crippen MR) is 149 cm³/mol. The van der Waals surface area contributed by atoms with E-state index in [9.17, 15) is 19.1 Å². The average molecular weight is 560 g/mol. The molecule has 2 heterocycles. The zero-order chi connectivity index (χ0) is 29.3. The fraction of sp³-hybridized carbons (Fsp3) is 0.194. The van der Waals surface area contributed by atoms with E-state index in [0.29, 0.717) is 39.3 Å². The van der Waals surface area contributed by atoms with Crippen molar-refractivity contribution in [3.63, 3.8) is 0 Å². The highest BCUT2D eigenvalue weighted by atomic mass is 19.1. The van der Waals surface area contributed by atoms with E-state index in [0.717, 1.165) is 0 Å². The van der Waals surface area contributed by atoms with Gasteiger partial charge in [-0.15, -0.1) is 0 Å².